The first kappa shape index (κ1) is 18.1. The molecule has 0 aromatic heterocycles. The Morgan fingerprint density at radius 3 is 2.00 bits per heavy atom. The van der Waals surface area contributed by atoms with E-state index in [9.17, 15) is 9.59 Å². The fraction of sp³-hybridized carbons (Fsp3) is 0.750. The van der Waals surface area contributed by atoms with Gasteiger partial charge in [0.25, 0.3) is 0 Å². The molecule has 2 amide bonds. The topological polar surface area (TPSA) is 59.1 Å². The van der Waals surface area contributed by atoms with Gasteiger partial charge < -0.3 is 9.47 Å². The molecule has 0 N–H and O–H groups in total. The molecule has 1 atom stereocenters. The monoisotopic (exact) mass is 310 g/mol. The molecule has 1 fully saturated rings. The van der Waals surface area contributed by atoms with Crippen molar-refractivity contribution in [3.8, 4) is 12.3 Å². The number of nitrogens with zero attached hydrogens (tertiary/aromatic N) is 2. The summed E-state index contributed by atoms with van der Waals surface area (Å²) in [5.41, 5.74) is -1.33. The van der Waals surface area contributed by atoms with Crippen LogP contribution in [0.3, 0.4) is 0 Å². The highest BCUT2D eigenvalue weighted by molar-refractivity contribution is 5.75. The van der Waals surface area contributed by atoms with Crippen molar-refractivity contribution < 1.29 is 19.1 Å². The first-order valence-electron chi connectivity index (χ1n) is 7.43. The molecule has 1 aliphatic rings. The van der Waals surface area contributed by atoms with Gasteiger partial charge in [-0.25, -0.2) is 14.6 Å². The Morgan fingerprint density at radius 1 is 1.05 bits per heavy atom. The van der Waals surface area contributed by atoms with E-state index in [0.29, 0.717) is 19.4 Å². The van der Waals surface area contributed by atoms with Gasteiger partial charge in [0.15, 0.2) is 0 Å². The van der Waals surface area contributed by atoms with Gasteiger partial charge in [0.2, 0.25) is 0 Å². The highest BCUT2D eigenvalue weighted by atomic mass is 16.6. The summed E-state index contributed by atoms with van der Waals surface area (Å²) in [6.07, 6.45) is 5.59. The molecule has 0 aromatic carbocycles. The second-order valence-electron chi connectivity index (χ2n) is 7.25. The number of terminal acetylenes is 1. The van der Waals surface area contributed by atoms with Crippen LogP contribution in [0.1, 0.15) is 54.4 Å². The Kier molecular flexibility index (Phi) is 5.34. The highest BCUT2D eigenvalue weighted by Crippen LogP contribution is 2.23. The molecular weight excluding hydrogens is 284 g/mol. The van der Waals surface area contributed by atoms with Crippen LogP contribution in [0.4, 0.5) is 9.59 Å². The molecule has 6 nitrogen and oxygen atoms in total. The lowest BCUT2D eigenvalue weighted by atomic mass is 10.1. The minimum Gasteiger partial charge on any atom is -0.442 e. The largest absolute Gasteiger partial charge is 0.442 e. The molecule has 0 saturated carbocycles. The SMILES string of the molecule is C#C[C@@H]1CCCN(C(=O)OC(C)(C)C)N1C(=O)OC(C)(C)C. The number of hydrogen-bond donors (Lipinski definition) is 0. The number of hydrogen-bond acceptors (Lipinski definition) is 4. The maximum atomic E-state index is 12.4. The lowest BCUT2D eigenvalue weighted by Crippen LogP contribution is -2.59. The lowest BCUT2D eigenvalue weighted by molar-refractivity contribution is -0.0846. The van der Waals surface area contributed by atoms with Gasteiger partial charge in [0.1, 0.15) is 17.2 Å². The molecule has 0 aromatic rings. The Hall–Kier alpha value is -1.90. The Morgan fingerprint density at radius 2 is 1.55 bits per heavy atom. The third-order valence-electron chi connectivity index (χ3n) is 2.78. The van der Waals surface area contributed by atoms with Gasteiger partial charge in [0, 0.05) is 6.54 Å². The van der Waals surface area contributed by atoms with Crippen molar-refractivity contribution >= 4 is 12.2 Å². The second kappa shape index (κ2) is 6.47. The first-order chi connectivity index (χ1) is 9.94. The average Bonchev–Trinajstić information content (AvgIpc) is 2.33. The van der Waals surface area contributed by atoms with E-state index in [0.717, 1.165) is 0 Å². The van der Waals surface area contributed by atoms with Gasteiger partial charge in [0.05, 0.1) is 0 Å². The number of carbonyl (C=O) groups is 2. The summed E-state index contributed by atoms with van der Waals surface area (Å²) >= 11 is 0. The molecule has 0 spiro atoms. The summed E-state index contributed by atoms with van der Waals surface area (Å²) in [4.78, 5) is 24.8. The van der Waals surface area contributed by atoms with Crippen molar-refractivity contribution in [2.24, 2.45) is 0 Å². The van der Waals surface area contributed by atoms with E-state index in [1.54, 1.807) is 41.5 Å². The van der Waals surface area contributed by atoms with E-state index in [1.807, 2.05) is 0 Å². The molecule has 1 heterocycles. The van der Waals surface area contributed by atoms with Crippen molar-refractivity contribution in [3.63, 3.8) is 0 Å². The van der Waals surface area contributed by atoms with Crippen LogP contribution in [-0.2, 0) is 9.47 Å². The maximum absolute atomic E-state index is 12.4. The molecule has 0 bridgehead atoms. The zero-order valence-electron chi connectivity index (χ0n) is 14.3. The van der Waals surface area contributed by atoms with Crippen molar-refractivity contribution in [1.82, 2.24) is 10.0 Å². The van der Waals surface area contributed by atoms with Crippen molar-refractivity contribution in [1.29, 1.82) is 0 Å². The molecule has 1 aliphatic heterocycles. The van der Waals surface area contributed by atoms with Gasteiger partial charge in [-0.05, 0) is 54.4 Å². The summed E-state index contributed by atoms with van der Waals surface area (Å²) in [6, 6.07) is -0.517. The highest BCUT2D eigenvalue weighted by Gasteiger charge is 2.39. The van der Waals surface area contributed by atoms with Crippen molar-refractivity contribution in [2.75, 3.05) is 6.54 Å². The number of carbonyl (C=O) groups excluding carboxylic acids is 2. The van der Waals surface area contributed by atoms with E-state index in [4.69, 9.17) is 15.9 Å². The molecule has 1 saturated heterocycles. The van der Waals surface area contributed by atoms with Crippen LogP contribution in [0.25, 0.3) is 0 Å². The predicted molar refractivity (Wildman–Crippen MR) is 82.9 cm³/mol. The van der Waals surface area contributed by atoms with Crippen molar-refractivity contribution in [3.05, 3.63) is 0 Å². The van der Waals surface area contributed by atoms with Crippen LogP contribution in [-0.4, -0.2) is 46.0 Å². The number of amides is 2. The molecule has 22 heavy (non-hydrogen) atoms. The normalized spacial score (nSPS) is 19.4. The summed E-state index contributed by atoms with van der Waals surface area (Å²) in [7, 11) is 0. The fourth-order valence-electron chi connectivity index (χ4n) is 2.01. The third-order valence-corrected chi connectivity index (χ3v) is 2.78. The van der Waals surface area contributed by atoms with Crippen LogP contribution in [0.5, 0.6) is 0 Å². The standard InChI is InChI=1S/C16H26N2O4/c1-8-12-10-9-11-17(13(19)21-15(2,3)4)18(12)14(20)22-16(5,6)7/h1,12H,9-11H2,2-7H3/t12-/m1/s1. The molecule has 1 rings (SSSR count). The van der Waals surface area contributed by atoms with Gasteiger partial charge >= 0.3 is 12.2 Å². The summed E-state index contributed by atoms with van der Waals surface area (Å²) in [6.45, 7) is 11.0. The number of hydrazine groups is 1. The van der Waals surface area contributed by atoms with E-state index < -0.39 is 29.4 Å². The quantitative estimate of drug-likeness (QED) is 0.645. The first-order valence-corrected chi connectivity index (χ1v) is 7.43. The Labute approximate surface area is 132 Å². The summed E-state index contributed by atoms with van der Waals surface area (Å²) in [5.74, 6) is 2.54. The van der Waals surface area contributed by atoms with Gasteiger partial charge in [-0.3, -0.25) is 0 Å². The van der Waals surface area contributed by atoms with E-state index in [1.165, 1.54) is 10.0 Å². The zero-order valence-corrected chi connectivity index (χ0v) is 14.3. The van der Waals surface area contributed by atoms with Crippen LogP contribution in [0, 0.1) is 12.3 Å². The number of ether oxygens (including phenoxy) is 2. The van der Waals surface area contributed by atoms with Crippen LogP contribution >= 0.6 is 0 Å². The predicted octanol–water partition coefficient (Wildman–Crippen LogP) is 3.17. The molecular formula is C16H26N2O4. The van der Waals surface area contributed by atoms with Crippen molar-refractivity contribution in [2.45, 2.75) is 71.6 Å². The third kappa shape index (κ3) is 5.14. The fourth-order valence-corrected chi connectivity index (χ4v) is 2.01. The van der Waals surface area contributed by atoms with E-state index in [2.05, 4.69) is 5.92 Å². The number of rotatable bonds is 0. The summed E-state index contributed by atoms with van der Waals surface area (Å²) in [5, 5.41) is 2.44. The molecule has 6 heteroatoms. The van der Waals surface area contributed by atoms with Gasteiger partial charge in [-0.1, -0.05) is 5.92 Å². The van der Waals surface area contributed by atoms with E-state index in [-0.39, 0.29) is 0 Å². The maximum Gasteiger partial charge on any atom is 0.430 e. The van der Waals surface area contributed by atoms with Crippen LogP contribution in [0.2, 0.25) is 0 Å². The lowest BCUT2D eigenvalue weighted by Gasteiger charge is -2.42. The van der Waals surface area contributed by atoms with Crippen LogP contribution in [0.15, 0.2) is 0 Å². The average molecular weight is 310 g/mol. The Bertz CT molecular complexity index is 468. The molecule has 0 unspecified atom stereocenters. The zero-order chi connectivity index (χ0) is 17.1. The summed E-state index contributed by atoms with van der Waals surface area (Å²) < 4.78 is 10.7. The minimum absolute atomic E-state index is 0.367. The molecule has 0 radical (unpaired) electrons. The Balaban J connectivity index is 2.99. The van der Waals surface area contributed by atoms with Gasteiger partial charge in [-0.2, -0.15) is 5.01 Å². The smallest absolute Gasteiger partial charge is 0.430 e. The van der Waals surface area contributed by atoms with E-state index >= 15 is 0 Å². The van der Waals surface area contributed by atoms with Gasteiger partial charge in [-0.15, -0.1) is 6.42 Å². The minimum atomic E-state index is -0.673. The molecule has 124 valence electrons. The molecule has 0 aliphatic carbocycles. The second-order valence-corrected chi connectivity index (χ2v) is 7.25. The van der Waals surface area contributed by atoms with Crippen LogP contribution < -0.4 is 0 Å².